The highest BCUT2D eigenvalue weighted by Gasteiger charge is 2.50. The molecule has 0 unspecified atom stereocenters. The van der Waals surface area contributed by atoms with Gasteiger partial charge in [0.2, 0.25) is 0 Å². The highest BCUT2D eigenvalue weighted by atomic mass is 16.5. The van der Waals surface area contributed by atoms with Gasteiger partial charge in [0, 0.05) is 12.3 Å². The molecule has 3 rings (SSSR count). The highest BCUT2D eigenvalue weighted by Crippen LogP contribution is 2.48. The summed E-state index contributed by atoms with van der Waals surface area (Å²) in [5.74, 6) is 1.92. The van der Waals surface area contributed by atoms with E-state index in [1.165, 1.54) is 19.3 Å². The summed E-state index contributed by atoms with van der Waals surface area (Å²) in [4.78, 5) is 0. The van der Waals surface area contributed by atoms with E-state index in [0.717, 1.165) is 31.1 Å². The van der Waals surface area contributed by atoms with Gasteiger partial charge in [-0.3, -0.25) is 0 Å². The average molecular weight is 224 g/mol. The van der Waals surface area contributed by atoms with Crippen molar-refractivity contribution in [3.05, 3.63) is 0 Å². The Morgan fingerprint density at radius 2 is 1.88 bits per heavy atom. The van der Waals surface area contributed by atoms with E-state index in [1.807, 2.05) is 6.92 Å². The maximum Gasteiger partial charge on any atom is 0.0697 e. The first-order valence-electron chi connectivity index (χ1n) is 6.94. The number of hydrogen-bond acceptors (Lipinski definition) is 2. The molecule has 0 bridgehead atoms. The van der Waals surface area contributed by atoms with E-state index in [9.17, 15) is 5.11 Å². The van der Waals surface area contributed by atoms with Crippen molar-refractivity contribution in [1.82, 2.24) is 0 Å². The second-order valence-corrected chi connectivity index (χ2v) is 6.64. The molecule has 1 aliphatic heterocycles. The molecule has 2 heteroatoms. The Balaban J connectivity index is 1.76. The van der Waals surface area contributed by atoms with Crippen molar-refractivity contribution in [3.8, 4) is 0 Å². The summed E-state index contributed by atoms with van der Waals surface area (Å²) in [7, 11) is 0. The molecule has 92 valence electrons. The van der Waals surface area contributed by atoms with Crippen LogP contribution in [0.3, 0.4) is 0 Å². The lowest BCUT2D eigenvalue weighted by molar-refractivity contribution is -0.200. The van der Waals surface area contributed by atoms with Gasteiger partial charge in [0.25, 0.3) is 0 Å². The summed E-state index contributed by atoms with van der Waals surface area (Å²) in [5.41, 5.74) is -0.476. The van der Waals surface area contributed by atoms with Gasteiger partial charge < -0.3 is 9.84 Å². The van der Waals surface area contributed by atoms with E-state index >= 15 is 0 Å². The van der Waals surface area contributed by atoms with E-state index in [0.29, 0.717) is 18.1 Å². The van der Waals surface area contributed by atoms with Gasteiger partial charge in [0.1, 0.15) is 0 Å². The number of ether oxygens (including phenoxy) is 1. The summed E-state index contributed by atoms with van der Waals surface area (Å²) in [6.45, 7) is 4.35. The molecule has 0 radical (unpaired) electrons. The summed E-state index contributed by atoms with van der Waals surface area (Å²) in [6.07, 6.45) is 7.74. The lowest BCUT2D eigenvalue weighted by atomic mass is 9.68. The predicted molar refractivity (Wildman–Crippen MR) is 63.1 cm³/mol. The van der Waals surface area contributed by atoms with Crippen LogP contribution in [0.25, 0.3) is 0 Å². The minimum Gasteiger partial charge on any atom is -0.390 e. The van der Waals surface area contributed by atoms with E-state index in [-0.39, 0.29) is 0 Å². The Bertz CT molecular complexity index is 270. The van der Waals surface area contributed by atoms with Gasteiger partial charge in [-0.2, -0.15) is 0 Å². The van der Waals surface area contributed by atoms with Crippen LogP contribution in [0.5, 0.6) is 0 Å². The van der Waals surface area contributed by atoms with Crippen LogP contribution in [0.4, 0.5) is 0 Å². The fourth-order valence-electron chi connectivity index (χ4n) is 3.77. The molecule has 1 N–H and O–H groups in total. The van der Waals surface area contributed by atoms with E-state index in [1.54, 1.807) is 0 Å². The fourth-order valence-corrected chi connectivity index (χ4v) is 3.77. The van der Waals surface area contributed by atoms with Crippen LogP contribution in [0.15, 0.2) is 0 Å². The van der Waals surface area contributed by atoms with Gasteiger partial charge in [-0.1, -0.05) is 13.3 Å². The Labute approximate surface area is 98.4 Å². The number of aliphatic hydroxyl groups is 1. The van der Waals surface area contributed by atoms with Crippen molar-refractivity contribution in [1.29, 1.82) is 0 Å². The van der Waals surface area contributed by atoms with Gasteiger partial charge in [-0.05, 0) is 44.4 Å². The molecule has 0 aromatic heterocycles. The summed E-state index contributed by atoms with van der Waals surface area (Å²) in [5, 5.41) is 10.6. The van der Waals surface area contributed by atoms with Gasteiger partial charge in [-0.25, -0.2) is 0 Å². The molecule has 0 aromatic carbocycles. The quantitative estimate of drug-likeness (QED) is 0.742. The Kier molecular flexibility index (Phi) is 2.56. The molecule has 5 atom stereocenters. The smallest absolute Gasteiger partial charge is 0.0697 e. The third-order valence-electron chi connectivity index (χ3n) is 4.96. The van der Waals surface area contributed by atoms with Crippen LogP contribution in [-0.2, 0) is 4.74 Å². The second-order valence-electron chi connectivity index (χ2n) is 6.64. The summed E-state index contributed by atoms with van der Waals surface area (Å²) in [6, 6.07) is 0. The van der Waals surface area contributed by atoms with Crippen molar-refractivity contribution in [2.24, 2.45) is 17.8 Å². The Morgan fingerprint density at radius 1 is 1.12 bits per heavy atom. The van der Waals surface area contributed by atoms with Crippen LogP contribution in [0.1, 0.15) is 52.4 Å². The van der Waals surface area contributed by atoms with E-state index < -0.39 is 5.60 Å². The third kappa shape index (κ3) is 1.91. The molecule has 0 amide bonds. The molecule has 1 heterocycles. The van der Waals surface area contributed by atoms with Crippen LogP contribution < -0.4 is 0 Å². The van der Waals surface area contributed by atoms with Crippen molar-refractivity contribution in [2.45, 2.75) is 70.2 Å². The predicted octanol–water partition coefficient (Wildman–Crippen LogP) is 2.74. The van der Waals surface area contributed by atoms with E-state index in [2.05, 4.69) is 6.92 Å². The molecule has 3 fully saturated rings. The van der Waals surface area contributed by atoms with Crippen molar-refractivity contribution >= 4 is 0 Å². The molecule has 2 nitrogen and oxygen atoms in total. The van der Waals surface area contributed by atoms with E-state index in [4.69, 9.17) is 4.74 Å². The number of rotatable bonds is 1. The zero-order chi connectivity index (χ0) is 11.3. The monoisotopic (exact) mass is 224 g/mol. The van der Waals surface area contributed by atoms with Gasteiger partial charge in [0.15, 0.2) is 0 Å². The first kappa shape index (κ1) is 11.0. The maximum absolute atomic E-state index is 10.6. The molecule has 1 saturated heterocycles. The minimum absolute atomic E-state index is 0.332. The number of fused-ring (bicyclic) bond motifs is 1. The van der Waals surface area contributed by atoms with Crippen molar-refractivity contribution in [2.75, 3.05) is 0 Å². The molecule has 0 spiro atoms. The normalized spacial score (nSPS) is 53.4. The van der Waals surface area contributed by atoms with Crippen LogP contribution in [0.2, 0.25) is 0 Å². The molecule has 0 aromatic rings. The molecule has 2 aliphatic carbocycles. The molecule has 2 saturated carbocycles. The van der Waals surface area contributed by atoms with Gasteiger partial charge >= 0.3 is 0 Å². The van der Waals surface area contributed by atoms with Crippen LogP contribution in [0, 0.1) is 17.8 Å². The lowest BCUT2D eigenvalue weighted by Gasteiger charge is -2.49. The number of hydrogen-bond donors (Lipinski definition) is 1. The molecular weight excluding hydrogens is 200 g/mol. The first-order valence-corrected chi connectivity index (χ1v) is 6.94. The molecule has 16 heavy (non-hydrogen) atoms. The maximum atomic E-state index is 10.6. The van der Waals surface area contributed by atoms with Crippen molar-refractivity contribution < 1.29 is 9.84 Å². The largest absolute Gasteiger partial charge is 0.390 e. The van der Waals surface area contributed by atoms with Gasteiger partial charge in [-0.15, -0.1) is 0 Å². The Morgan fingerprint density at radius 3 is 2.56 bits per heavy atom. The zero-order valence-electron chi connectivity index (χ0n) is 10.5. The lowest BCUT2D eigenvalue weighted by Crippen LogP contribution is -2.54. The Hall–Kier alpha value is -0.0800. The average Bonchev–Trinajstić information content (AvgIpc) is 2.98. The third-order valence-corrected chi connectivity index (χ3v) is 4.96. The fraction of sp³-hybridized carbons (Fsp3) is 1.00. The molecular formula is C14H24O2. The second kappa shape index (κ2) is 3.71. The van der Waals surface area contributed by atoms with Crippen LogP contribution >= 0.6 is 0 Å². The topological polar surface area (TPSA) is 29.5 Å². The minimum atomic E-state index is -0.476. The molecule has 3 aliphatic rings. The summed E-state index contributed by atoms with van der Waals surface area (Å²) < 4.78 is 6.26. The van der Waals surface area contributed by atoms with Crippen molar-refractivity contribution in [3.63, 3.8) is 0 Å². The first-order chi connectivity index (χ1) is 7.56. The summed E-state index contributed by atoms with van der Waals surface area (Å²) >= 11 is 0. The zero-order valence-corrected chi connectivity index (χ0v) is 10.5. The standard InChI is InChI=1S/C14H24O2/c1-9-3-6-11-12(7-9)16-13(10-4-5-10)8-14(11,2)15/h9-13,15H,3-8H2,1-2H3/t9-,11-,12-,13-,14-/m1/s1. The van der Waals surface area contributed by atoms with Gasteiger partial charge in [0.05, 0.1) is 17.8 Å². The van der Waals surface area contributed by atoms with Crippen LogP contribution in [-0.4, -0.2) is 22.9 Å². The highest BCUT2D eigenvalue weighted by molar-refractivity contribution is 5.00. The SMILES string of the molecule is C[C@@H]1CC[C@@H]2[C@@H](C1)O[C@@H](C1CC1)C[C@@]2(C)O.